The first kappa shape index (κ1) is 23.9. The maximum absolute atomic E-state index is 12.5. The minimum Gasteiger partial charge on any atom is -0.360 e. The van der Waals surface area contributed by atoms with Crippen molar-refractivity contribution in [1.82, 2.24) is 20.6 Å². The number of alkyl halides is 6. The van der Waals surface area contributed by atoms with Gasteiger partial charge in [-0.2, -0.15) is 26.3 Å². The lowest BCUT2D eigenvalue weighted by molar-refractivity contribution is -0.261. The molecule has 0 radical (unpaired) electrons. The summed E-state index contributed by atoms with van der Waals surface area (Å²) in [6, 6.07) is -1.75. The van der Waals surface area contributed by atoms with Gasteiger partial charge in [-0.25, -0.2) is 4.79 Å². The SMILES string of the molecule is O=C(/C=C/[C@@H](NC(=O)[C@@H]1CCN1OC(=O)C(F)(F)F)C1CC1)Nc1nnc(C(F)(F)F)s1. The van der Waals surface area contributed by atoms with Gasteiger partial charge in [-0.1, -0.05) is 17.4 Å². The standard InChI is InChI=1S/C16H15F6N5O4S/c17-15(18,19)12-25-26-14(32-12)24-10(28)4-3-8(7-1-2-7)23-11(29)9-5-6-27(9)31-13(30)16(20,21)22/h3-4,7-9H,1-2,5-6H2,(H,23,29)(H,24,26,28)/b4-3+/t8-,9+/m1/s1. The predicted molar refractivity (Wildman–Crippen MR) is 94.6 cm³/mol. The molecule has 2 heterocycles. The molecule has 2 amide bonds. The number of carbonyl (C=O) groups is 3. The third-order valence-corrected chi connectivity index (χ3v) is 5.38. The van der Waals surface area contributed by atoms with Crippen LogP contribution in [-0.2, 0) is 25.4 Å². The lowest BCUT2D eigenvalue weighted by Gasteiger charge is -2.37. The molecule has 32 heavy (non-hydrogen) atoms. The number of nitrogens with zero attached hydrogens (tertiary/aromatic N) is 3. The normalized spacial score (nSPS) is 20.5. The van der Waals surface area contributed by atoms with E-state index in [-0.39, 0.29) is 35.4 Å². The first-order chi connectivity index (χ1) is 14.8. The van der Waals surface area contributed by atoms with Crippen LogP contribution in [-0.4, -0.2) is 57.8 Å². The van der Waals surface area contributed by atoms with Crippen LogP contribution in [0.2, 0.25) is 0 Å². The second-order valence-electron chi connectivity index (χ2n) is 6.95. The summed E-state index contributed by atoms with van der Waals surface area (Å²) < 4.78 is 74.5. The van der Waals surface area contributed by atoms with Gasteiger partial charge in [0.05, 0.1) is 6.04 Å². The van der Waals surface area contributed by atoms with Crippen molar-refractivity contribution in [2.75, 3.05) is 11.9 Å². The van der Waals surface area contributed by atoms with Crippen LogP contribution in [0.1, 0.15) is 24.3 Å². The van der Waals surface area contributed by atoms with Gasteiger partial charge in [0.15, 0.2) is 0 Å². The van der Waals surface area contributed by atoms with Crippen LogP contribution in [0.25, 0.3) is 0 Å². The molecule has 2 atom stereocenters. The number of nitrogens with one attached hydrogen (secondary N) is 2. The van der Waals surface area contributed by atoms with Crippen molar-refractivity contribution in [3.8, 4) is 0 Å². The Morgan fingerprint density at radius 1 is 1.12 bits per heavy atom. The van der Waals surface area contributed by atoms with Crippen molar-refractivity contribution in [2.24, 2.45) is 5.92 Å². The Kier molecular flexibility index (Phi) is 6.73. The monoisotopic (exact) mass is 487 g/mol. The summed E-state index contributed by atoms with van der Waals surface area (Å²) in [5.74, 6) is -3.95. The highest BCUT2D eigenvalue weighted by molar-refractivity contribution is 7.15. The number of aromatic nitrogens is 2. The molecule has 2 N–H and O–H groups in total. The van der Waals surface area contributed by atoms with Crippen LogP contribution in [0.3, 0.4) is 0 Å². The van der Waals surface area contributed by atoms with Gasteiger partial charge in [-0.3, -0.25) is 14.9 Å². The van der Waals surface area contributed by atoms with Crippen LogP contribution in [0.15, 0.2) is 12.2 Å². The summed E-state index contributed by atoms with van der Waals surface area (Å²) in [6.45, 7) is -0.0476. The van der Waals surface area contributed by atoms with Gasteiger partial charge < -0.3 is 10.2 Å². The molecule has 1 aromatic rings. The number of halogens is 6. The molecule has 9 nitrogen and oxygen atoms in total. The van der Waals surface area contributed by atoms with Crippen molar-refractivity contribution in [3.63, 3.8) is 0 Å². The number of carbonyl (C=O) groups excluding carboxylic acids is 3. The van der Waals surface area contributed by atoms with E-state index >= 15 is 0 Å². The molecule has 0 unspecified atom stereocenters. The lowest BCUT2D eigenvalue weighted by Crippen LogP contribution is -2.58. The van der Waals surface area contributed by atoms with Crippen molar-refractivity contribution < 1.29 is 45.6 Å². The molecule has 0 spiro atoms. The van der Waals surface area contributed by atoms with Crippen LogP contribution in [0, 0.1) is 5.92 Å². The van der Waals surface area contributed by atoms with E-state index in [2.05, 4.69) is 25.7 Å². The quantitative estimate of drug-likeness (QED) is 0.447. The van der Waals surface area contributed by atoms with Gasteiger partial charge in [0.2, 0.25) is 22.0 Å². The van der Waals surface area contributed by atoms with E-state index in [1.807, 2.05) is 0 Å². The molecule has 1 saturated carbocycles. The van der Waals surface area contributed by atoms with Gasteiger partial charge in [-0.05, 0) is 25.2 Å². The molecule has 1 aromatic heterocycles. The molecule has 0 aromatic carbocycles. The fourth-order valence-electron chi connectivity index (χ4n) is 2.66. The van der Waals surface area contributed by atoms with Gasteiger partial charge in [0, 0.05) is 12.6 Å². The van der Waals surface area contributed by atoms with E-state index in [1.54, 1.807) is 0 Å². The Morgan fingerprint density at radius 3 is 2.31 bits per heavy atom. The van der Waals surface area contributed by atoms with Crippen LogP contribution in [0.4, 0.5) is 31.5 Å². The molecule has 2 fully saturated rings. The van der Waals surface area contributed by atoms with Crippen molar-refractivity contribution in [1.29, 1.82) is 0 Å². The number of amides is 2. The Hall–Kier alpha value is -2.75. The predicted octanol–water partition coefficient (Wildman–Crippen LogP) is 2.04. The number of hydrogen-bond acceptors (Lipinski definition) is 8. The Balaban J connectivity index is 1.54. The van der Waals surface area contributed by atoms with E-state index in [1.165, 1.54) is 6.08 Å². The zero-order chi connectivity index (χ0) is 23.7. The highest BCUT2D eigenvalue weighted by atomic mass is 32.1. The Morgan fingerprint density at radius 2 is 1.81 bits per heavy atom. The highest BCUT2D eigenvalue weighted by Crippen LogP contribution is 2.34. The van der Waals surface area contributed by atoms with E-state index < -0.39 is 47.2 Å². The molecule has 1 aliphatic heterocycles. The summed E-state index contributed by atoms with van der Waals surface area (Å²) in [4.78, 5) is 39.4. The van der Waals surface area contributed by atoms with E-state index in [4.69, 9.17) is 0 Å². The van der Waals surface area contributed by atoms with Crippen LogP contribution >= 0.6 is 11.3 Å². The average molecular weight is 487 g/mol. The molecule has 16 heteroatoms. The second kappa shape index (κ2) is 9.01. The van der Waals surface area contributed by atoms with Crippen molar-refractivity contribution >= 4 is 34.3 Å². The van der Waals surface area contributed by atoms with Crippen LogP contribution in [0.5, 0.6) is 0 Å². The molecular formula is C16H15F6N5O4S. The third-order valence-electron chi connectivity index (χ3n) is 4.50. The number of anilines is 1. The minimum atomic E-state index is -5.20. The third kappa shape index (κ3) is 6.15. The van der Waals surface area contributed by atoms with Gasteiger partial charge >= 0.3 is 18.3 Å². The second-order valence-corrected chi connectivity index (χ2v) is 7.93. The van der Waals surface area contributed by atoms with Gasteiger partial charge in [-0.15, -0.1) is 15.3 Å². The molecule has 1 aliphatic carbocycles. The van der Waals surface area contributed by atoms with E-state index in [0.29, 0.717) is 5.06 Å². The zero-order valence-electron chi connectivity index (χ0n) is 15.9. The largest absolute Gasteiger partial charge is 0.492 e. The van der Waals surface area contributed by atoms with Crippen molar-refractivity contribution in [3.05, 3.63) is 17.2 Å². The first-order valence-corrected chi connectivity index (χ1v) is 9.92. The summed E-state index contributed by atoms with van der Waals surface area (Å²) in [6.07, 6.45) is -5.96. The topological polar surface area (TPSA) is 114 Å². The highest BCUT2D eigenvalue weighted by Gasteiger charge is 2.47. The zero-order valence-corrected chi connectivity index (χ0v) is 16.7. The smallest absolute Gasteiger partial charge is 0.360 e. The molecule has 0 bridgehead atoms. The molecule has 1 saturated heterocycles. The lowest BCUT2D eigenvalue weighted by atomic mass is 10.0. The van der Waals surface area contributed by atoms with E-state index in [9.17, 15) is 40.7 Å². The molecule has 3 rings (SSSR count). The number of hydroxylamine groups is 2. The molecule has 176 valence electrons. The molecule has 2 aliphatic rings. The summed E-state index contributed by atoms with van der Waals surface area (Å²) >= 11 is 0.143. The average Bonchev–Trinajstić information content (AvgIpc) is 3.38. The van der Waals surface area contributed by atoms with Gasteiger partial charge in [0.1, 0.15) is 6.04 Å². The fourth-order valence-corrected chi connectivity index (χ4v) is 3.27. The minimum absolute atomic E-state index is 0.0207. The van der Waals surface area contributed by atoms with Crippen LogP contribution < -0.4 is 10.6 Å². The summed E-state index contributed by atoms with van der Waals surface area (Å²) in [7, 11) is 0. The Bertz CT molecular complexity index is 913. The van der Waals surface area contributed by atoms with Gasteiger partial charge in [0.25, 0.3) is 0 Å². The first-order valence-electron chi connectivity index (χ1n) is 9.10. The number of hydrogen-bond donors (Lipinski definition) is 2. The maximum atomic E-state index is 12.5. The number of rotatable bonds is 7. The van der Waals surface area contributed by atoms with E-state index in [0.717, 1.165) is 18.9 Å². The summed E-state index contributed by atoms with van der Waals surface area (Å²) in [5.41, 5.74) is 0. The Labute approximate surface area is 179 Å². The fraction of sp³-hybridized carbons (Fsp3) is 0.562. The maximum Gasteiger partial charge on any atom is 0.492 e. The molecular weight excluding hydrogens is 472 g/mol. The van der Waals surface area contributed by atoms with Crippen molar-refractivity contribution in [2.45, 2.75) is 43.7 Å². The summed E-state index contributed by atoms with van der Waals surface area (Å²) in [5, 5.41) is 9.88.